The molecule has 7 heteroatoms. The summed E-state index contributed by atoms with van der Waals surface area (Å²) < 4.78 is 0.943. The highest BCUT2D eigenvalue weighted by molar-refractivity contribution is 9.10. The van der Waals surface area contributed by atoms with E-state index in [0.717, 1.165) is 15.9 Å². The van der Waals surface area contributed by atoms with E-state index >= 15 is 0 Å². The van der Waals surface area contributed by atoms with E-state index in [4.69, 9.17) is 0 Å². The summed E-state index contributed by atoms with van der Waals surface area (Å²) in [5.41, 5.74) is 0.812. The minimum Gasteiger partial charge on any atom is -0.353 e. The molecule has 1 atom stereocenters. The summed E-state index contributed by atoms with van der Waals surface area (Å²) in [4.78, 5) is 34.1. The van der Waals surface area contributed by atoms with Crippen molar-refractivity contribution >= 4 is 33.6 Å². The molecule has 0 spiro atoms. The van der Waals surface area contributed by atoms with Crippen LogP contribution in [0.5, 0.6) is 0 Å². The number of amides is 2. The third-order valence-corrected chi connectivity index (χ3v) is 5.38. The average Bonchev–Trinajstić information content (AvgIpc) is 2.72. The lowest BCUT2D eigenvalue weighted by Crippen LogP contribution is -2.52. The van der Waals surface area contributed by atoms with Crippen LogP contribution in [0, 0.1) is 5.92 Å². The maximum atomic E-state index is 13.3. The second kappa shape index (κ2) is 9.87. The van der Waals surface area contributed by atoms with Crippen LogP contribution >= 0.6 is 15.9 Å². The van der Waals surface area contributed by atoms with Gasteiger partial charge in [-0.15, -0.1) is 0 Å². The smallest absolute Gasteiger partial charge is 0.249 e. The van der Waals surface area contributed by atoms with Crippen molar-refractivity contribution in [3.8, 4) is 0 Å². The first-order chi connectivity index (χ1) is 13.9. The topological polar surface area (TPSA) is 65.5 Å². The second-order valence-electron chi connectivity index (χ2n) is 7.66. The number of benzene rings is 1. The van der Waals surface area contributed by atoms with Gasteiger partial charge in [0.1, 0.15) is 11.9 Å². The fourth-order valence-corrected chi connectivity index (χ4v) is 3.65. The van der Waals surface area contributed by atoms with Gasteiger partial charge in [0, 0.05) is 43.3 Å². The highest BCUT2D eigenvalue weighted by Crippen LogP contribution is 2.20. The number of anilines is 1. The highest BCUT2D eigenvalue weighted by Gasteiger charge is 2.30. The molecule has 29 heavy (non-hydrogen) atoms. The molecule has 0 radical (unpaired) electrons. The molecule has 1 fully saturated rings. The van der Waals surface area contributed by atoms with Gasteiger partial charge in [0.15, 0.2) is 0 Å². The molecule has 1 saturated heterocycles. The van der Waals surface area contributed by atoms with E-state index in [1.54, 1.807) is 6.20 Å². The molecule has 1 unspecified atom stereocenters. The van der Waals surface area contributed by atoms with Crippen LogP contribution in [0.3, 0.4) is 0 Å². The molecule has 1 aromatic heterocycles. The van der Waals surface area contributed by atoms with Crippen LogP contribution < -0.4 is 10.2 Å². The summed E-state index contributed by atoms with van der Waals surface area (Å²) in [5, 5.41) is 2.95. The molecule has 3 rings (SSSR count). The van der Waals surface area contributed by atoms with E-state index in [-0.39, 0.29) is 17.7 Å². The zero-order chi connectivity index (χ0) is 20.8. The average molecular weight is 459 g/mol. The van der Waals surface area contributed by atoms with Gasteiger partial charge in [0.25, 0.3) is 0 Å². The van der Waals surface area contributed by atoms with Crippen molar-refractivity contribution in [2.45, 2.75) is 26.3 Å². The molecule has 1 aliphatic heterocycles. The molecule has 2 heterocycles. The molecular formula is C22H27BrN4O2. The molecule has 2 amide bonds. The van der Waals surface area contributed by atoms with Crippen molar-refractivity contribution in [3.05, 3.63) is 58.7 Å². The number of halogens is 1. The lowest BCUT2D eigenvalue weighted by atomic mass is 10.0. The first-order valence-corrected chi connectivity index (χ1v) is 10.7. The van der Waals surface area contributed by atoms with E-state index in [0.29, 0.717) is 32.6 Å². The van der Waals surface area contributed by atoms with E-state index in [2.05, 4.69) is 31.1 Å². The monoisotopic (exact) mass is 458 g/mol. The van der Waals surface area contributed by atoms with Crippen molar-refractivity contribution in [3.63, 3.8) is 0 Å². The maximum Gasteiger partial charge on any atom is 0.249 e. The lowest BCUT2D eigenvalue weighted by molar-refractivity contribution is -0.137. The van der Waals surface area contributed by atoms with Gasteiger partial charge in [-0.05, 0) is 39.5 Å². The minimum atomic E-state index is -0.653. The van der Waals surface area contributed by atoms with Crippen LogP contribution in [-0.4, -0.2) is 47.9 Å². The van der Waals surface area contributed by atoms with Gasteiger partial charge in [0.05, 0.1) is 0 Å². The Morgan fingerprint density at radius 2 is 1.76 bits per heavy atom. The molecule has 1 aliphatic rings. The van der Waals surface area contributed by atoms with Crippen LogP contribution in [0.1, 0.15) is 31.9 Å². The number of carbonyl (C=O) groups excluding carboxylic acids is 2. The minimum absolute atomic E-state index is 0.0586. The van der Waals surface area contributed by atoms with Gasteiger partial charge in [-0.2, -0.15) is 0 Å². The first kappa shape index (κ1) is 21.3. The molecule has 6 nitrogen and oxygen atoms in total. The Kier molecular flexibility index (Phi) is 7.25. The largest absolute Gasteiger partial charge is 0.353 e. The van der Waals surface area contributed by atoms with Gasteiger partial charge in [0.2, 0.25) is 11.8 Å². The molecule has 0 bridgehead atoms. The van der Waals surface area contributed by atoms with Gasteiger partial charge >= 0.3 is 0 Å². The lowest BCUT2D eigenvalue weighted by Gasteiger charge is -2.37. The first-order valence-electron chi connectivity index (χ1n) is 9.93. The normalized spacial score (nSPS) is 15.3. The van der Waals surface area contributed by atoms with Crippen molar-refractivity contribution in [2.24, 2.45) is 5.92 Å². The number of hydrogen-bond acceptors (Lipinski definition) is 4. The Morgan fingerprint density at radius 3 is 2.34 bits per heavy atom. The van der Waals surface area contributed by atoms with E-state index in [1.165, 1.54) is 0 Å². The Hall–Kier alpha value is -2.41. The van der Waals surface area contributed by atoms with E-state index in [1.807, 2.05) is 61.2 Å². The molecule has 1 N–H and O–H groups in total. The van der Waals surface area contributed by atoms with Gasteiger partial charge in [-0.1, -0.05) is 44.2 Å². The zero-order valence-corrected chi connectivity index (χ0v) is 18.4. The number of rotatable bonds is 6. The predicted molar refractivity (Wildman–Crippen MR) is 118 cm³/mol. The van der Waals surface area contributed by atoms with E-state index < -0.39 is 6.04 Å². The third kappa shape index (κ3) is 5.79. The van der Waals surface area contributed by atoms with Crippen molar-refractivity contribution < 1.29 is 9.59 Å². The second-order valence-corrected chi connectivity index (χ2v) is 8.57. The Labute approximate surface area is 180 Å². The molecule has 0 saturated carbocycles. The Bertz CT molecular complexity index is 818. The standard InChI is InChI=1S/C22H27BrN4O2/c1-16(2)14-20(28)25-21(17-6-4-3-5-7-17)22(29)27-12-10-26(11-13-27)19-9-8-18(23)15-24-19/h3-9,15-16,21H,10-14H2,1-2H3,(H,25,28). The Balaban J connectivity index is 1.68. The van der Waals surface area contributed by atoms with Crippen LogP contribution in [0.4, 0.5) is 5.82 Å². The van der Waals surface area contributed by atoms with Crippen molar-refractivity contribution in [1.82, 2.24) is 15.2 Å². The zero-order valence-electron chi connectivity index (χ0n) is 16.8. The summed E-state index contributed by atoms with van der Waals surface area (Å²) in [6.45, 7) is 6.60. The van der Waals surface area contributed by atoms with Crippen LogP contribution in [0.25, 0.3) is 0 Å². The van der Waals surface area contributed by atoms with Crippen LogP contribution in [-0.2, 0) is 9.59 Å². The summed E-state index contributed by atoms with van der Waals surface area (Å²) in [5.74, 6) is 0.991. The summed E-state index contributed by atoms with van der Waals surface area (Å²) in [6.07, 6.45) is 2.18. The number of hydrogen-bond donors (Lipinski definition) is 1. The molecule has 1 aromatic carbocycles. The van der Waals surface area contributed by atoms with E-state index in [9.17, 15) is 9.59 Å². The molecule has 154 valence electrons. The fourth-order valence-electron chi connectivity index (χ4n) is 3.42. The number of aromatic nitrogens is 1. The van der Waals surface area contributed by atoms with Crippen molar-refractivity contribution in [2.75, 3.05) is 31.1 Å². The van der Waals surface area contributed by atoms with Gasteiger partial charge in [-0.3, -0.25) is 9.59 Å². The van der Waals surface area contributed by atoms with Crippen molar-refractivity contribution in [1.29, 1.82) is 0 Å². The quantitative estimate of drug-likeness (QED) is 0.720. The molecule has 2 aromatic rings. The summed E-state index contributed by atoms with van der Waals surface area (Å²) in [6, 6.07) is 12.8. The predicted octanol–water partition coefficient (Wildman–Crippen LogP) is 3.40. The SMILES string of the molecule is CC(C)CC(=O)NC(C(=O)N1CCN(c2ccc(Br)cn2)CC1)c1ccccc1. The molecular weight excluding hydrogens is 432 g/mol. The number of piperazine rings is 1. The maximum absolute atomic E-state index is 13.3. The number of pyridine rings is 1. The number of carbonyl (C=O) groups is 2. The van der Waals surface area contributed by atoms with Crippen LogP contribution in [0.15, 0.2) is 53.1 Å². The Morgan fingerprint density at radius 1 is 1.07 bits per heavy atom. The fraction of sp³-hybridized carbons (Fsp3) is 0.409. The summed E-state index contributed by atoms with van der Waals surface area (Å²) >= 11 is 3.40. The highest BCUT2D eigenvalue weighted by atomic mass is 79.9. The van der Waals surface area contributed by atoms with Crippen LogP contribution in [0.2, 0.25) is 0 Å². The molecule has 0 aliphatic carbocycles. The number of nitrogens with zero attached hydrogens (tertiary/aromatic N) is 3. The number of nitrogens with one attached hydrogen (secondary N) is 1. The third-order valence-electron chi connectivity index (χ3n) is 4.91. The van der Waals surface area contributed by atoms with Gasteiger partial charge in [-0.25, -0.2) is 4.98 Å². The van der Waals surface area contributed by atoms with Gasteiger partial charge < -0.3 is 15.1 Å². The summed E-state index contributed by atoms with van der Waals surface area (Å²) in [7, 11) is 0.